The molecule has 6 nitrogen and oxygen atoms in total. The Bertz CT molecular complexity index is 570. The molecule has 1 N–H and O–H groups in total. The molecule has 2 rings (SSSR count). The lowest BCUT2D eigenvalue weighted by molar-refractivity contribution is -0.116. The van der Waals surface area contributed by atoms with E-state index in [9.17, 15) is 4.79 Å². The van der Waals surface area contributed by atoms with Crippen molar-refractivity contribution >= 4 is 42.5 Å². The van der Waals surface area contributed by atoms with Crippen LogP contribution in [0.1, 0.15) is 19.8 Å². The summed E-state index contributed by atoms with van der Waals surface area (Å²) < 4.78 is 1.72. The monoisotopic (exact) mass is 251 g/mol. The lowest BCUT2D eigenvalue weighted by atomic mass is 10.3. The van der Waals surface area contributed by atoms with Gasteiger partial charge in [-0.25, -0.2) is 4.98 Å². The second-order valence-corrected chi connectivity index (χ2v) is 4.01. The summed E-state index contributed by atoms with van der Waals surface area (Å²) in [6.45, 7) is 1.93. The van der Waals surface area contributed by atoms with Gasteiger partial charge in [-0.2, -0.15) is 9.97 Å². The maximum Gasteiger partial charge on any atom is 0.226 e. The molecule has 0 saturated heterocycles. The fraction of sp³-hybridized carbons (Fsp3) is 0.333. The molecule has 0 aliphatic carbocycles. The van der Waals surface area contributed by atoms with Crippen LogP contribution in [-0.2, 0) is 4.79 Å². The van der Waals surface area contributed by atoms with Gasteiger partial charge < -0.3 is 9.79 Å². The van der Waals surface area contributed by atoms with E-state index >= 15 is 0 Å². The molecule has 2 aromatic rings. The standard InChI is InChI=1S/C9H11BClN5O/c1-2-3-5(17)13-7-6-8(15-9(11)14-7)16(10)4-12-6/h4H,2-3,10H2,1H3,(H,13,14,15,17). The van der Waals surface area contributed by atoms with Crippen LogP contribution in [0.15, 0.2) is 6.33 Å². The van der Waals surface area contributed by atoms with Gasteiger partial charge in [-0.15, -0.1) is 0 Å². The smallest absolute Gasteiger partial charge is 0.226 e. The van der Waals surface area contributed by atoms with Crippen molar-refractivity contribution in [1.29, 1.82) is 0 Å². The van der Waals surface area contributed by atoms with Crippen LogP contribution in [0.25, 0.3) is 11.2 Å². The zero-order chi connectivity index (χ0) is 12.4. The Hall–Kier alpha value is -1.63. The predicted octanol–water partition coefficient (Wildman–Crippen LogP) is 0.614. The number of nitrogens with zero attached hydrogens (tertiary/aromatic N) is 4. The van der Waals surface area contributed by atoms with E-state index in [0.29, 0.717) is 23.4 Å². The molecule has 0 saturated carbocycles. The lowest BCUT2D eigenvalue weighted by Gasteiger charge is -2.04. The number of hydrogen-bond donors (Lipinski definition) is 1. The van der Waals surface area contributed by atoms with E-state index in [1.54, 1.807) is 18.8 Å². The van der Waals surface area contributed by atoms with Crippen LogP contribution in [0.3, 0.4) is 0 Å². The first kappa shape index (κ1) is 11.8. The third kappa shape index (κ3) is 2.39. The maximum atomic E-state index is 11.5. The van der Waals surface area contributed by atoms with Crippen molar-refractivity contribution in [3.8, 4) is 0 Å². The number of halogens is 1. The van der Waals surface area contributed by atoms with E-state index in [1.807, 2.05) is 6.92 Å². The number of carbonyl (C=O) groups is 1. The second-order valence-electron chi connectivity index (χ2n) is 3.67. The van der Waals surface area contributed by atoms with Crippen LogP contribution < -0.4 is 5.32 Å². The molecule has 0 fully saturated rings. The zero-order valence-electron chi connectivity index (χ0n) is 9.57. The highest BCUT2D eigenvalue weighted by atomic mass is 35.5. The average Bonchev–Trinajstić information content (AvgIpc) is 2.61. The molecule has 17 heavy (non-hydrogen) atoms. The Morgan fingerprint density at radius 2 is 2.35 bits per heavy atom. The average molecular weight is 251 g/mol. The lowest BCUT2D eigenvalue weighted by Crippen LogP contribution is -2.12. The van der Waals surface area contributed by atoms with Crippen molar-refractivity contribution in [2.75, 3.05) is 5.32 Å². The van der Waals surface area contributed by atoms with Gasteiger partial charge in [-0.3, -0.25) is 4.79 Å². The van der Waals surface area contributed by atoms with Gasteiger partial charge in [0.2, 0.25) is 19.2 Å². The number of rotatable bonds is 3. The third-order valence-electron chi connectivity index (χ3n) is 2.27. The van der Waals surface area contributed by atoms with Gasteiger partial charge in [-0.05, 0) is 18.0 Å². The van der Waals surface area contributed by atoms with Crippen molar-refractivity contribution in [1.82, 2.24) is 19.4 Å². The highest BCUT2D eigenvalue weighted by molar-refractivity contribution is 6.29. The molecule has 0 atom stereocenters. The third-order valence-corrected chi connectivity index (χ3v) is 2.44. The number of carbonyl (C=O) groups excluding carboxylic acids is 1. The SMILES string of the molecule is Bn1cnc2c(NC(=O)CCC)nc(Cl)nc21. The van der Waals surface area contributed by atoms with E-state index in [1.165, 1.54) is 0 Å². The highest BCUT2D eigenvalue weighted by Crippen LogP contribution is 2.20. The van der Waals surface area contributed by atoms with Gasteiger partial charge >= 0.3 is 0 Å². The second kappa shape index (κ2) is 4.71. The van der Waals surface area contributed by atoms with Crippen LogP contribution in [0.4, 0.5) is 5.82 Å². The van der Waals surface area contributed by atoms with Gasteiger partial charge in [0.05, 0.1) is 6.33 Å². The number of anilines is 1. The normalized spacial score (nSPS) is 10.7. The highest BCUT2D eigenvalue weighted by Gasteiger charge is 2.12. The first-order valence-electron chi connectivity index (χ1n) is 5.26. The molecule has 0 bridgehead atoms. The summed E-state index contributed by atoms with van der Waals surface area (Å²) in [7, 11) is 1.80. The van der Waals surface area contributed by atoms with Gasteiger partial charge in [0.15, 0.2) is 11.5 Å². The fourth-order valence-corrected chi connectivity index (χ4v) is 1.65. The van der Waals surface area contributed by atoms with E-state index < -0.39 is 0 Å². The molecule has 2 aromatic heterocycles. The van der Waals surface area contributed by atoms with Crippen LogP contribution in [0.5, 0.6) is 0 Å². The number of amides is 1. The minimum Gasteiger partial charge on any atom is -0.368 e. The maximum absolute atomic E-state index is 11.5. The van der Waals surface area contributed by atoms with E-state index in [2.05, 4.69) is 20.3 Å². The quantitative estimate of drug-likeness (QED) is 0.641. The summed E-state index contributed by atoms with van der Waals surface area (Å²) in [6.07, 6.45) is 2.82. The number of nitrogens with one attached hydrogen (secondary N) is 1. The van der Waals surface area contributed by atoms with E-state index in [-0.39, 0.29) is 11.2 Å². The van der Waals surface area contributed by atoms with Gasteiger partial charge in [-0.1, -0.05) is 6.92 Å². The molecular weight excluding hydrogens is 240 g/mol. The van der Waals surface area contributed by atoms with Crippen LogP contribution in [0.2, 0.25) is 5.28 Å². The molecule has 88 valence electrons. The number of aromatic nitrogens is 4. The summed E-state index contributed by atoms with van der Waals surface area (Å²) in [5.41, 5.74) is 1.14. The van der Waals surface area contributed by atoms with Crippen LogP contribution in [-0.4, -0.2) is 33.3 Å². The Kier molecular flexibility index (Phi) is 3.28. The van der Waals surface area contributed by atoms with Crippen LogP contribution in [0, 0.1) is 0 Å². The predicted molar refractivity (Wildman–Crippen MR) is 67.8 cm³/mol. The molecule has 1 amide bonds. The molecule has 0 aliphatic heterocycles. The molecule has 0 aromatic carbocycles. The number of hydrogen-bond acceptors (Lipinski definition) is 4. The molecular formula is C9H11BClN5O. The Morgan fingerprint density at radius 1 is 1.59 bits per heavy atom. The van der Waals surface area contributed by atoms with E-state index in [0.717, 1.165) is 6.42 Å². The van der Waals surface area contributed by atoms with E-state index in [4.69, 9.17) is 11.6 Å². The minimum atomic E-state index is -0.103. The van der Waals surface area contributed by atoms with Crippen molar-refractivity contribution in [3.63, 3.8) is 0 Å². The Labute approximate surface area is 104 Å². The molecule has 0 radical (unpaired) electrons. The minimum absolute atomic E-state index is 0.0906. The molecule has 2 heterocycles. The topological polar surface area (TPSA) is 72.7 Å². The molecule has 0 aliphatic rings. The largest absolute Gasteiger partial charge is 0.368 e. The number of fused-ring (bicyclic) bond motifs is 1. The summed E-state index contributed by atoms with van der Waals surface area (Å²) in [5, 5.41) is 2.78. The Morgan fingerprint density at radius 3 is 3.06 bits per heavy atom. The number of imidazole rings is 1. The Balaban J connectivity index is 2.42. The molecule has 0 spiro atoms. The first-order valence-corrected chi connectivity index (χ1v) is 5.64. The summed E-state index contributed by atoms with van der Waals surface area (Å²) in [6, 6.07) is 0. The van der Waals surface area contributed by atoms with Gasteiger partial charge in [0.1, 0.15) is 5.52 Å². The fourth-order valence-electron chi connectivity index (χ4n) is 1.49. The van der Waals surface area contributed by atoms with Crippen molar-refractivity contribution < 1.29 is 4.79 Å². The summed E-state index contributed by atoms with van der Waals surface area (Å²) in [4.78, 5) is 23.7. The van der Waals surface area contributed by atoms with Crippen molar-refractivity contribution in [2.24, 2.45) is 0 Å². The van der Waals surface area contributed by atoms with Crippen molar-refractivity contribution in [3.05, 3.63) is 11.6 Å². The molecule has 8 heteroatoms. The first-order chi connectivity index (χ1) is 8.11. The van der Waals surface area contributed by atoms with Gasteiger partial charge in [0, 0.05) is 6.42 Å². The molecule has 0 unspecified atom stereocenters. The van der Waals surface area contributed by atoms with Gasteiger partial charge in [0.25, 0.3) is 0 Å². The summed E-state index contributed by atoms with van der Waals surface area (Å²) in [5.74, 6) is 0.258. The van der Waals surface area contributed by atoms with Crippen LogP contribution >= 0.6 is 11.6 Å². The summed E-state index contributed by atoms with van der Waals surface area (Å²) >= 11 is 5.80. The van der Waals surface area contributed by atoms with Crippen molar-refractivity contribution in [2.45, 2.75) is 19.8 Å². The zero-order valence-corrected chi connectivity index (χ0v) is 10.3.